The molecule has 0 radical (unpaired) electrons. The smallest absolute Gasteiger partial charge is 0.255 e. The minimum atomic E-state index is -0.0729. The highest BCUT2D eigenvalue weighted by molar-refractivity contribution is 5.98. The van der Waals surface area contributed by atoms with Crippen LogP contribution in [0.1, 0.15) is 28.8 Å². The second-order valence-electron chi connectivity index (χ2n) is 5.83. The Hall–Kier alpha value is -2.56. The Labute approximate surface area is 143 Å². The molecule has 1 aromatic carbocycles. The monoisotopic (exact) mass is 327 g/mol. The maximum atomic E-state index is 12.3. The zero-order valence-electron chi connectivity index (χ0n) is 14.6. The Balaban J connectivity index is 1.75. The van der Waals surface area contributed by atoms with Crippen molar-refractivity contribution in [3.05, 3.63) is 53.7 Å². The quantitative estimate of drug-likeness (QED) is 0.758. The molecule has 0 aliphatic carbocycles. The molecule has 1 heterocycles. The van der Waals surface area contributed by atoms with Crippen LogP contribution in [0.5, 0.6) is 5.75 Å². The maximum Gasteiger partial charge on any atom is 0.255 e. The summed E-state index contributed by atoms with van der Waals surface area (Å²) >= 11 is 0. The van der Waals surface area contributed by atoms with E-state index < -0.39 is 0 Å². The van der Waals surface area contributed by atoms with Gasteiger partial charge in [0.2, 0.25) is 0 Å². The number of hydrogen-bond donors (Lipinski definition) is 1. The van der Waals surface area contributed by atoms with Crippen LogP contribution in [0.2, 0.25) is 0 Å². The number of rotatable bonds is 8. The molecule has 1 amide bonds. The molecule has 0 fully saturated rings. The van der Waals surface area contributed by atoms with Gasteiger partial charge in [0.25, 0.3) is 5.91 Å². The van der Waals surface area contributed by atoms with Crippen LogP contribution in [0.15, 0.2) is 42.6 Å². The van der Waals surface area contributed by atoms with Crippen molar-refractivity contribution in [2.45, 2.75) is 19.3 Å². The summed E-state index contributed by atoms with van der Waals surface area (Å²) in [6.45, 7) is 0.663. The minimum absolute atomic E-state index is 0.0729. The molecule has 0 saturated carbocycles. The lowest BCUT2D eigenvalue weighted by atomic mass is 10.1. The maximum absolute atomic E-state index is 12.3. The van der Waals surface area contributed by atoms with Crippen molar-refractivity contribution in [2.24, 2.45) is 0 Å². The molecule has 0 unspecified atom stereocenters. The molecule has 0 bridgehead atoms. The van der Waals surface area contributed by atoms with Crippen molar-refractivity contribution < 1.29 is 9.53 Å². The van der Waals surface area contributed by atoms with Crippen LogP contribution in [0.25, 0.3) is 0 Å². The molecule has 128 valence electrons. The zero-order valence-corrected chi connectivity index (χ0v) is 14.6. The van der Waals surface area contributed by atoms with E-state index in [1.165, 1.54) is 5.56 Å². The van der Waals surface area contributed by atoms with Gasteiger partial charge in [0, 0.05) is 26.8 Å². The fraction of sp³-hybridized carbons (Fsp3) is 0.368. The van der Waals surface area contributed by atoms with E-state index in [0.29, 0.717) is 17.9 Å². The fourth-order valence-electron chi connectivity index (χ4n) is 2.47. The molecular weight excluding hydrogens is 302 g/mol. The molecular formula is C19H25N3O2. The van der Waals surface area contributed by atoms with Gasteiger partial charge < -0.3 is 15.0 Å². The van der Waals surface area contributed by atoms with E-state index >= 15 is 0 Å². The van der Waals surface area contributed by atoms with E-state index in [2.05, 4.69) is 22.4 Å². The summed E-state index contributed by atoms with van der Waals surface area (Å²) in [7, 11) is 5.43. The fourth-order valence-corrected chi connectivity index (χ4v) is 2.47. The molecule has 0 saturated heterocycles. The highest BCUT2D eigenvalue weighted by Gasteiger charge is 2.12. The minimum Gasteiger partial charge on any atom is -0.497 e. The number of hydrogen-bond acceptors (Lipinski definition) is 4. The number of carbonyl (C=O) groups is 1. The van der Waals surface area contributed by atoms with Gasteiger partial charge in [-0.3, -0.25) is 4.79 Å². The predicted octanol–water partition coefficient (Wildman–Crippen LogP) is 2.91. The van der Waals surface area contributed by atoms with Crippen LogP contribution in [0.4, 0.5) is 5.82 Å². The third-order valence-electron chi connectivity index (χ3n) is 3.79. The van der Waals surface area contributed by atoms with Gasteiger partial charge in [-0.05, 0) is 49.1 Å². The van der Waals surface area contributed by atoms with Crippen LogP contribution >= 0.6 is 0 Å². The Morgan fingerprint density at radius 3 is 2.58 bits per heavy atom. The first-order valence-electron chi connectivity index (χ1n) is 8.15. The summed E-state index contributed by atoms with van der Waals surface area (Å²) < 4.78 is 5.15. The number of benzene rings is 1. The highest BCUT2D eigenvalue weighted by Crippen LogP contribution is 2.15. The van der Waals surface area contributed by atoms with Gasteiger partial charge in [-0.25, -0.2) is 4.98 Å². The summed E-state index contributed by atoms with van der Waals surface area (Å²) in [4.78, 5) is 18.4. The molecule has 0 spiro atoms. The van der Waals surface area contributed by atoms with E-state index in [-0.39, 0.29) is 5.91 Å². The molecule has 2 aromatic rings. The Bertz CT molecular complexity index is 654. The lowest BCUT2D eigenvalue weighted by molar-refractivity contribution is 0.0953. The summed E-state index contributed by atoms with van der Waals surface area (Å²) in [5, 5.41) is 2.97. The van der Waals surface area contributed by atoms with Gasteiger partial charge >= 0.3 is 0 Å². The van der Waals surface area contributed by atoms with E-state index in [1.807, 2.05) is 31.1 Å². The molecule has 0 aliphatic rings. The topological polar surface area (TPSA) is 54.5 Å². The lowest BCUT2D eigenvalue weighted by Gasteiger charge is -2.15. The van der Waals surface area contributed by atoms with Crippen LogP contribution in [0.3, 0.4) is 0 Å². The van der Waals surface area contributed by atoms with Crippen molar-refractivity contribution in [1.82, 2.24) is 10.3 Å². The Kier molecular flexibility index (Phi) is 6.61. The number of unbranched alkanes of at least 4 members (excludes halogenated alkanes) is 1. The largest absolute Gasteiger partial charge is 0.497 e. The van der Waals surface area contributed by atoms with Crippen molar-refractivity contribution in [3.8, 4) is 5.75 Å². The van der Waals surface area contributed by atoms with Crippen molar-refractivity contribution in [1.29, 1.82) is 0 Å². The lowest BCUT2D eigenvalue weighted by Crippen LogP contribution is -2.27. The molecule has 0 aliphatic heterocycles. The third kappa shape index (κ3) is 4.98. The first-order chi connectivity index (χ1) is 11.6. The van der Waals surface area contributed by atoms with Crippen LogP contribution in [-0.4, -0.2) is 38.6 Å². The van der Waals surface area contributed by atoms with E-state index in [9.17, 15) is 4.79 Å². The average molecular weight is 327 g/mol. The van der Waals surface area contributed by atoms with Crippen LogP contribution in [-0.2, 0) is 6.42 Å². The zero-order chi connectivity index (χ0) is 17.4. The van der Waals surface area contributed by atoms with Crippen molar-refractivity contribution in [3.63, 3.8) is 0 Å². The number of carbonyl (C=O) groups excluding carboxylic acids is 1. The Morgan fingerprint density at radius 2 is 1.92 bits per heavy atom. The number of aromatic nitrogens is 1. The first kappa shape index (κ1) is 17.8. The molecule has 5 nitrogen and oxygen atoms in total. The molecule has 24 heavy (non-hydrogen) atoms. The number of nitrogens with zero attached hydrogens (tertiary/aromatic N) is 2. The standard InChI is InChI=1S/C19H25N3O2/c1-22(2)18-17(8-6-14-20-18)19(23)21-13-5-4-7-15-9-11-16(24-3)12-10-15/h6,8-12,14H,4-5,7,13H2,1-3H3,(H,21,23). The molecule has 1 N–H and O–H groups in total. The van der Waals surface area contributed by atoms with E-state index in [4.69, 9.17) is 4.74 Å². The summed E-state index contributed by atoms with van der Waals surface area (Å²) in [6.07, 6.45) is 4.66. The summed E-state index contributed by atoms with van der Waals surface area (Å²) in [6, 6.07) is 11.7. The Morgan fingerprint density at radius 1 is 1.17 bits per heavy atom. The number of ether oxygens (including phenoxy) is 1. The predicted molar refractivity (Wildman–Crippen MR) is 96.8 cm³/mol. The van der Waals surface area contributed by atoms with Gasteiger partial charge in [-0.1, -0.05) is 12.1 Å². The van der Waals surface area contributed by atoms with E-state index in [0.717, 1.165) is 25.0 Å². The molecule has 1 aromatic heterocycles. The van der Waals surface area contributed by atoms with Gasteiger partial charge in [0.05, 0.1) is 12.7 Å². The molecule has 0 atom stereocenters. The van der Waals surface area contributed by atoms with Crippen molar-refractivity contribution >= 4 is 11.7 Å². The average Bonchev–Trinajstić information content (AvgIpc) is 2.61. The van der Waals surface area contributed by atoms with Gasteiger partial charge in [0.15, 0.2) is 0 Å². The number of anilines is 1. The normalized spacial score (nSPS) is 10.3. The highest BCUT2D eigenvalue weighted by atomic mass is 16.5. The van der Waals surface area contributed by atoms with E-state index in [1.54, 1.807) is 25.4 Å². The second kappa shape index (κ2) is 8.91. The van der Waals surface area contributed by atoms with Gasteiger partial charge in [-0.2, -0.15) is 0 Å². The second-order valence-corrected chi connectivity index (χ2v) is 5.83. The van der Waals surface area contributed by atoms with Gasteiger partial charge in [0.1, 0.15) is 11.6 Å². The first-order valence-corrected chi connectivity index (χ1v) is 8.15. The summed E-state index contributed by atoms with van der Waals surface area (Å²) in [5.41, 5.74) is 1.89. The number of aryl methyl sites for hydroxylation is 1. The molecule has 5 heteroatoms. The number of pyridine rings is 1. The summed E-state index contributed by atoms with van der Waals surface area (Å²) in [5.74, 6) is 1.49. The number of methoxy groups -OCH3 is 1. The van der Waals surface area contributed by atoms with Crippen molar-refractivity contribution in [2.75, 3.05) is 32.6 Å². The van der Waals surface area contributed by atoms with Crippen LogP contribution in [0, 0.1) is 0 Å². The molecule has 2 rings (SSSR count). The van der Waals surface area contributed by atoms with Crippen LogP contribution < -0.4 is 15.0 Å². The SMILES string of the molecule is COc1ccc(CCCCNC(=O)c2cccnc2N(C)C)cc1. The number of nitrogens with one attached hydrogen (secondary N) is 1. The van der Waals surface area contributed by atoms with Gasteiger partial charge in [-0.15, -0.1) is 0 Å². The third-order valence-corrected chi connectivity index (χ3v) is 3.79. The number of amides is 1.